The minimum absolute atomic E-state index is 0.570. The van der Waals surface area contributed by atoms with Crippen molar-refractivity contribution in [1.29, 1.82) is 0 Å². The van der Waals surface area contributed by atoms with Crippen molar-refractivity contribution in [3.05, 3.63) is 42.5 Å². The fraction of sp³-hybridized carbons (Fsp3) is 0.273. The van der Waals surface area contributed by atoms with Crippen molar-refractivity contribution in [2.45, 2.75) is 6.04 Å². The van der Waals surface area contributed by atoms with Gasteiger partial charge in [0.15, 0.2) is 0 Å². The number of ether oxygens (including phenoxy) is 1. The Balaban J connectivity index is 2.00. The van der Waals surface area contributed by atoms with E-state index in [1.165, 1.54) is 5.56 Å². The van der Waals surface area contributed by atoms with E-state index in [9.17, 15) is 0 Å². The van der Waals surface area contributed by atoms with Gasteiger partial charge in [-0.05, 0) is 17.7 Å². The molecular weight excluding hydrogens is 162 g/mol. The smallest absolute Gasteiger partial charge is 0.119 e. The first kappa shape index (κ1) is 8.32. The van der Waals surface area contributed by atoms with Crippen LogP contribution < -0.4 is 10.1 Å². The van der Waals surface area contributed by atoms with Gasteiger partial charge in [-0.2, -0.15) is 0 Å². The Morgan fingerprint density at radius 1 is 1.46 bits per heavy atom. The van der Waals surface area contributed by atoms with Crippen LogP contribution in [0.15, 0.2) is 36.9 Å². The molecule has 0 spiro atoms. The second-order valence-corrected chi connectivity index (χ2v) is 3.13. The first-order valence-electron chi connectivity index (χ1n) is 4.47. The van der Waals surface area contributed by atoms with Gasteiger partial charge in [0.1, 0.15) is 12.4 Å². The highest BCUT2D eigenvalue weighted by Gasteiger charge is 2.21. The highest BCUT2D eigenvalue weighted by Crippen LogP contribution is 2.23. The van der Waals surface area contributed by atoms with E-state index < -0.39 is 0 Å². The lowest BCUT2D eigenvalue weighted by Crippen LogP contribution is -1.92. The summed E-state index contributed by atoms with van der Waals surface area (Å²) in [5.41, 5.74) is 1.34. The van der Waals surface area contributed by atoms with Crippen molar-refractivity contribution in [2.75, 3.05) is 13.2 Å². The Hall–Kier alpha value is -1.28. The zero-order chi connectivity index (χ0) is 9.10. The molecule has 0 aliphatic carbocycles. The van der Waals surface area contributed by atoms with Gasteiger partial charge in [-0.15, -0.1) is 0 Å². The molecule has 1 aliphatic rings. The monoisotopic (exact) mass is 175 g/mol. The summed E-state index contributed by atoms with van der Waals surface area (Å²) in [6, 6.07) is 8.78. The van der Waals surface area contributed by atoms with E-state index in [-0.39, 0.29) is 0 Å². The maximum absolute atomic E-state index is 5.37. The van der Waals surface area contributed by atoms with Gasteiger partial charge >= 0.3 is 0 Å². The Kier molecular flexibility index (Phi) is 2.32. The van der Waals surface area contributed by atoms with Crippen LogP contribution >= 0.6 is 0 Å². The number of hydrogen-bond acceptors (Lipinski definition) is 2. The standard InChI is InChI=1S/C11H13NO/c1-2-7-13-10-5-3-9(4-6-10)11-8-12-11/h2-6,11-12H,1,7-8H2/t11-/m1/s1. The van der Waals surface area contributed by atoms with E-state index in [2.05, 4.69) is 24.0 Å². The molecule has 0 aromatic heterocycles. The lowest BCUT2D eigenvalue weighted by molar-refractivity contribution is 0.363. The van der Waals surface area contributed by atoms with E-state index in [0.717, 1.165) is 12.3 Å². The van der Waals surface area contributed by atoms with Gasteiger partial charge in [0.25, 0.3) is 0 Å². The summed E-state index contributed by atoms with van der Waals surface area (Å²) in [6.45, 7) is 5.27. The number of benzene rings is 1. The van der Waals surface area contributed by atoms with Crippen molar-refractivity contribution < 1.29 is 4.74 Å². The predicted molar refractivity (Wildman–Crippen MR) is 52.9 cm³/mol. The summed E-state index contributed by atoms with van der Waals surface area (Å²) in [5, 5.41) is 3.26. The van der Waals surface area contributed by atoms with E-state index >= 15 is 0 Å². The Bertz CT molecular complexity index is 287. The van der Waals surface area contributed by atoms with Crippen LogP contribution in [0.2, 0.25) is 0 Å². The van der Waals surface area contributed by atoms with Gasteiger partial charge in [0, 0.05) is 12.6 Å². The van der Waals surface area contributed by atoms with Crippen LogP contribution in [0.4, 0.5) is 0 Å². The molecule has 0 amide bonds. The molecule has 2 nitrogen and oxygen atoms in total. The Morgan fingerprint density at radius 3 is 2.69 bits per heavy atom. The molecule has 13 heavy (non-hydrogen) atoms. The molecule has 0 radical (unpaired) electrons. The first-order chi connectivity index (χ1) is 6.40. The van der Waals surface area contributed by atoms with Crippen molar-refractivity contribution in [2.24, 2.45) is 0 Å². The normalized spacial score (nSPS) is 19.5. The Morgan fingerprint density at radius 2 is 2.15 bits per heavy atom. The fourth-order valence-electron chi connectivity index (χ4n) is 1.25. The molecule has 1 aromatic carbocycles. The van der Waals surface area contributed by atoms with Crippen LogP contribution in [0.1, 0.15) is 11.6 Å². The third-order valence-corrected chi connectivity index (χ3v) is 2.06. The molecule has 1 heterocycles. The zero-order valence-electron chi connectivity index (χ0n) is 7.49. The fourth-order valence-corrected chi connectivity index (χ4v) is 1.25. The average molecular weight is 175 g/mol. The van der Waals surface area contributed by atoms with Gasteiger partial charge in [0.2, 0.25) is 0 Å². The van der Waals surface area contributed by atoms with Crippen LogP contribution in [0.25, 0.3) is 0 Å². The van der Waals surface area contributed by atoms with Crippen LogP contribution in [0, 0.1) is 0 Å². The molecule has 0 bridgehead atoms. The second kappa shape index (κ2) is 3.62. The summed E-state index contributed by atoms with van der Waals surface area (Å²) in [6.07, 6.45) is 1.75. The SMILES string of the molecule is C=CCOc1ccc([C@H]2CN2)cc1. The maximum Gasteiger partial charge on any atom is 0.119 e. The van der Waals surface area contributed by atoms with Gasteiger partial charge in [-0.3, -0.25) is 0 Å². The molecule has 68 valence electrons. The molecule has 1 aliphatic heterocycles. The van der Waals surface area contributed by atoms with E-state index in [1.54, 1.807) is 6.08 Å². The number of nitrogens with one attached hydrogen (secondary N) is 1. The van der Waals surface area contributed by atoms with Crippen molar-refractivity contribution in [1.82, 2.24) is 5.32 Å². The summed E-state index contributed by atoms with van der Waals surface area (Å²) >= 11 is 0. The van der Waals surface area contributed by atoms with Gasteiger partial charge < -0.3 is 10.1 Å². The topological polar surface area (TPSA) is 31.2 Å². The molecule has 1 saturated heterocycles. The quantitative estimate of drug-likeness (QED) is 0.559. The van der Waals surface area contributed by atoms with Crippen molar-refractivity contribution in [3.8, 4) is 5.75 Å². The lowest BCUT2D eigenvalue weighted by Gasteiger charge is -2.03. The average Bonchev–Trinajstić information content (AvgIpc) is 2.99. The van der Waals surface area contributed by atoms with Crippen LogP contribution in [-0.4, -0.2) is 13.2 Å². The van der Waals surface area contributed by atoms with E-state index in [0.29, 0.717) is 12.6 Å². The van der Waals surface area contributed by atoms with Gasteiger partial charge in [0.05, 0.1) is 0 Å². The first-order valence-corrected chi connectivity index (χ1v) is 4.47. The van der Waals surface area contributed by atoms with Gasteiger partial charge in [-0.25, -0.2) is 0 Å². The molecule has 1 N–H and O–H groups in total. The van der Waals surface area contributed by atoms with Crippen LogP contribution in [0.3, 0.4) is 0 Å². The van der Waals surface area contributed by atoms with Crippen LogP contribution in [-0.2, 0) is 0 Å². The summed E-state index contributed by atoms with van der Waals surface area (Å²) < 4.78 is 5.37. The predicted octanol–water partition coefficient (Wildman–Crippen LogP) is 1.90. The summed E-state index contributed by atoms with van der Waals surface area (Å²) in [4.78, 5) is 0. The third kappa shape index (κ3) is 2.10. The summed E-state index contributed by atoms with van der Waals surface area (Å²) in [7, 11) is 0. The molecule has 1 atom stereocenters. The minimum atomic E-state index is 0.570. The lowest BCUT2D eigenvalue weighted by atomic mass is 10.1. The second-order valence-electron chi connectivity index (χ2n) is 3.13. The highest BCUT2D eigenvalue weighted by atomic mass is 16.5. The van der Waals surface area contributed by atoms with Crippen molar-refractivity contribution in [3.63, 3.8) is 0 Å². The number of rotatable bonds is 4. The third-order valence-electron chi connectivity index (χ3n) is 2.06. The van der Waals surface area contributed by atoms with E-state index in [1.807, 2.05) is 12.1 Å². The molecule has 0 unspecified atom stereocenters. The molecule has 1 aromatic rings. The maximum atomic E-state index is 5.37. The minimum Gasteiger partial charge on any atom is -0.490 e. The largest absolute Gasteiger partial charge is 0.490 e. The van der Waals surface area contributed by atoms with E-state index in [4.69, 9.17) is 4.74 Å². The Labute approximate surface area is 78.2 Å². The molecule has 1 fully saturated rings. The molecule has 0 saturated carbocycles. The molecular formula is C11H13NO. The summed E-state index contributed by atoms with van der Waals surface area (Å²) in [5.74, 6) is 0.907. The molecule has 2 rings (SSSR count). The highest BCUT2D eigenvalue weighted by molar-refractivity contribution is 5.31. The zero-order valence-corrected chi connectivity index (χ0v) is 7.49. The van der Waals surface area contributed by atoms with Crippen molar-refractivity contribution >= 4 is 0 Å². The number of hydrogen-bond donors (Lipinski definition) is 1. The van der Waals surface area contributed by atoms with Gasteiger partial charge in [-0.1, -0.05) is 24.8 Å². The molecule has 2 heteroatoms. The van der Waals surface area contributed by atoms with Crippen LogP contribution in [0.5, 0.6) is 5.75 Å².